The van der Waals surface area contributed by atoms with Gasteiger partial charge in [0.05, 0.1) is 35.2 Å². The lowest BCUT2D eigenvalue weighted by Gasteiger charge is -2.14. The Hall–Kier alpha value is -3.78. The number of carbonyl (C=O) groups is 1. The molecule has 0 heterocycles. The molecule has 3 rings (SSSR count). The number of esters is 1. The van der Waals surface area contributed by atoms with E-state index in [1.165, 1.54) is 0 Å². The Labute approximate surface area is 164 Å². The number of hydrogen-bond donors (Lipinski definition) is 2. The quantitative estimate of drug-likeness (QED) is 0.488. The number of para-hydroxylation sites is 1. The van der Waals surface area contributed by atoms with Crippen LogP contribution >= 0.6 is 0 Å². The molecule has 28 heavy (non-hydrogen) atoms. The molecule has 5 heteroatoms. The van der Waals surface area contributed by atoms with E-state index < -0.39 is 5.97 Å². The van der Waals surface area contributed by atoms with Crippen LogP contribution in [0.1, 0.15) is 28.4 Å². The molecule has 3 N–H and O–H groups in total. The van der Waals surface area contributed by atoms with E-state index in [1.54, 1.807) is 31.2 Å². The first-order chi connectivity index (χ1) is 13.6. The van der Waals surface area contributed by atoms with Gasteiger partial charge in [0, 0.05) is 6.54 Å². The number of nitrogen functional groups attached to an aromatic ring is 1. The molecule has 0 radical (unpaired) electrons. The first kappa shape index (κ1) is 19.0. The number of hydrogen-bond acceptors (Lipinski definition) is 5. The summed E-state index contributed by atoms with van der Waals surface area (Å²) in [6.45, 7) is 2.57. The molecule has 0 atom stereocenters. The van der Waals surface area contributed by atoms with Crippen LogP contribution in [0.2, 0.25) is 0 Å². The normalized spacial score (nSPS) is 10.1. The molecule has 0 fully saturated rings. The zero-order valence-electron chi connectivity index (χ0n) is 15.6. The Morgan fingerprint density at radius 3 is 2.54 bits per heavy atom. The van der Waals surface area contributed by atoms with Crippen molar-refractivity contribution in [2.75, 3.05) is 17.7 Å². The molecule has 0 aliphatic heterocycles. The van der Waals surface area contributed by atoms with Gasteiger partial charge in [0.25, 0.3) is 0 Å². The summed E-state index contributed by atoms with van der Waals surface area (Å²) in [5, 5.41) is 12.5. The van der Waals surface area contributed by atoms with Crippen LogP contribution in [0.5, 0.6) is 0 Å². The van der Waals surface area contributed by atoms with Gasteiger partial charge in [0.2, 0.25) is 0 Å². The van der Waals surface area contributed by atoms with E-state index in [0.29, 0.717) is 35.7 Å². The van der Waals surface area contributed by atoms with Gasteiger partial charge in [-0.2, -0.15) is 5.26 Å². The zero-order valence-corrected chi connectivity index (χ0v) is 15.6. The minimum atomic E-state index is -0.402. The summed E-state index contributed by atoms with van der Waals surface area (Å²) >= 11 is 0. The molecule has 0 aliphatic rings. The highest BCUT2D eigenvalue weighted by Crippen LogP contribution is 2.26. The summed E-state index contributed by atoms with van der Waals surface area (Å²) in [6.07, 6.45) is 0. The second kappa shape index (κ2) is 8.74. The molecule has 0 bridgehead atoms. The predicted octanol–water partition coefficient (Wildman–Crippen LogP) is 4.60. The molecule has 140 valence electrons. The maximum absolute atomic E-state index is 12.1. The number of nitrogens with zero attached hydrogens (tertiary/aromatic N) is 1. The highest BCUT2D eigenvalue weighted by atomic mass is 16.5. The molecular formula is C23H21N3O2. The summed E-state index contributed by atoms with van der Waals surface area (Å²) in [5.41, 5.74) is 11.1. The fourth-order valence-corrected chi connectivity index (χ4v) is 2.97. The number of carbonyl (C=O) groups excluding carboxylic acids is 1. The van der Waals surface area contributed by atoms with E-state index in [0.717, 1.165) is 16.7 Å². The van der Waals surface area contributed by atoms with Crippen molar-refractivity contribution in [1.82, 2.24) is 0 Å². The maximum atomic E-state index is 12.1. The standard InChI is InChI=1S/C23H21N3O2/c1-2-28-23(27)20-8-5-9-21(25)22(20)26-15-16-10-12-17(13-11-16)19-7-4-3-6-18(19)14-24/h3-13,26H,2,15,25H2,1H3. The van der Waals surface area contributed by atoms with Crippen LogP contribution in [0.3, 0.4) is 0 Å². The van der Waals surface area contributed by atoms with Gasteiger partial charge in [0.15, 0.2) is 0 Å². The summed E-state index contributed by atoms with van der Waals surface area (Å²) in [5.74, 6) is -0.402. The van der Waals surface area contributed by atoms with Crippen LogP contribution in [0, 0.1) is 11.3 Å². The van der Waals surface area contributed by atoms with Gasteiger partial charge in [-0.25, -0.2) is 4.79 Å². The highest BCUT2D eigenvalue weighted by molar-refractivity contribution is 5.98. The van der Waals surface area contributed by atoms with E-state index in [1.807, 2.05) is 42.5 Å². The molecule has 0 saturated carbocycles. The van der Waals surface area contributed by atoms with Gasteiger partial charge in [-0.1, -0.05) is 48.5 Å². The van der Waals surface area contributed by atoms with Crippen LogP contribution in [-0.2, 0) is 11.3 Å². The molecule has 0 unspecified atom stereocenters. The van der Waals surface area contributed by atoms with Crippen molar-refractivity contribution in [3.63, 3.8) is 0 Å². The third kappa shape index (κ3) is 4.13. The van der Waals surface area contributed by atoms with Gasteiger partial charge in [-0.3, -0.25) is 0 Å². The van der Waals surface area contributed by atoms with Crippen LogP contribution < -0.4 is 11.1 Å². The number of ether oxygens (including phenoxy) is 1. The van der Waals surface area contributed by atoms with Gasteiger partial charge in [-0.15, -0.1) is 0 Å². The minimum absolute atomic E-state index is 0.304. The van der Waals surface area contributed by atoms with Gasteiger partial charge >= 0.3 is 5.97 Å². The SMILES string of the molecule is CCOC(=O)c1cccc(N)c1NCc1ccc(-c2ccccc2C#N)cc1. The number of nitrogens with one attached hydrogen (secondary N) is 1. The van der Waals surface area contributed by atoms with Crippen LogP contribution in [0.25, 0.3) is 11.1 Å². The third-order valence-electron chi connectivity index (χ3n) is 4.37. The molecule has 0 saturated heterocycles. The highest BCUT2D eigenvalue weighted by Gasteiger charge is 2.14. The average Bonchev–Trinajstić information content (AvgIpc) is 2.73. The Bertz CT molecular complexity index is 1020. The lowest BCUT2D eigenvalue weighted by molar-refractivity contribution is 0.0527. The lowest BCUT2D eigenvalue weighted by Crippen LogP contribution is -2.11. The van der Waals surface area contributed by atoms with Crippen LogP contribution in [0.4, 0.5) is 11.4 Å². The first-order valence-corrected chi connectivity index (χ1v) is 9.02. The van der Waals surface area contributed by atoms with Crippen molar-refractivity contribution in [3.05, 3.63) is 83.4 Å². The Balaban J connectivity index is 1.78. The monoisotopic (exact) mass is 371 g/mol. The summed E-state index contributed by atoms with van der Waals surface area (Å²) < 4.78 is 5.10. The first-order valence-electron chi connectivity index (χ1n) is 9.02. The zero-order chi connectivity index (χ0) is 19.9. The molecule has 3 aromatic carbocycles. The van der Waals surface area contributed by atoms with E-state index in [-0.39, 0.29) is 0 Å². The fourth-order valence-electron chi connectivity index (χ4n) is 2.97. The summed E-state index contributed by atoms with van der Waals surface area (Å²) in [4.78, 5) is 12.1. The molecule has 0 amide bonds. The van der Waals surface area contributed by atoms with E-state index in [4.69, 9.17) is 10.5 Å². The van der Waals surface area contributed by atoms with E-state index in [2.05, 4.69) is 11.4 Å². The second-order valence-electron chi connectivity index (χ2n) is 6.20. The number of nitriles is 1. The third-order valence-corrected chi connectivity index (χ3v) is 4.37. The number of benzene rings is 3. The average molecular weight is 371 g/mol. The van der Waals surface area contributed by atoms with Crippen molar-refractivity contribution in [2.24, 2.45) is 0 Å². The Kier molecular flexibility index (Phi) is 5.93. The smallest absolute Gasteiger partial charge is 0.340 e. The number of anilines is 2. The topological polar surface area (TPSA) is 88.1 Å². The van der Waals surface area contributed by atoms with Crippen molar-refractivity contribution in [3.8, 4) is 17.2 Å². The fraction of sp³-hybridized carbons (Fsp3) is 0.130. The second-order valence-corrected chi connectivity index (χ2v) is 6.20. The number of rotatable bonds is 6. The minimum Gasteiger partial charge on any atom is -0.462 e. The van der Waals surface area contributed by atoms with Gasteiger partial charge in [-0.05, 0) is 41.8 Å². The molecule has 3 aromatic rings. The van der Waals surface area contributed by atoms with Crippen molar-refractivity contribution < 1.29 is 9.53 Å². The van der Waals surface area contributed by atoms with E-state index >= 15 is 0 Å². The Morgan fingerprint density at radius 2 is 1.82 bits per heavy atom. The van der Waals surface area contributed by atoms with Crippen molar-refractivity contribution in [1.29, 1.82) is 5.26 Å². The molecular weight excluding hydrogens is 350 g/mol. The van der Waals surface area contributed by atoms with E-state index in [9.17, 15) is 10.1 Å². The van der Waals surface area contributed by atoms with Crippen molar-refractivity contribution in [2.45, 2.75) is 13.5 Å². The lowest BCUT2D eigenvalue weighted by atomic mass is 9.99. The Morgan fingerprint density at radius 1 is 1.07 bits per heavy atom. The maximum Gasteiger partial charge on any atom is 0.340 e. The molecule has 0 spiro atoms. The summed E-state index contributed by atoms with van der Waals surface area (Å²) in [7, 11) is 0. The summed E-state index contributed by atoms with van der Waals surface area (Å²) in [6, 6.07) is 22.8. The van der Waals surface area contributed by atoms with Gasteiger partial charge < -0.3 is 15.8 Å². The van der Waals surface area contributed by atoms with Gasteiger partial charge in [0.1, 0.15) is 0 Å². The largest absolute Gasteiger partial charge is 0.462 e. The molecule has 5 nitrogen and oxygen atoms in total. The van der Waals surface area contributed by atoms with Crippen LogP contribution in [0.15, 0.2) is 66.7 Å². The molecule has 0 aliphatic carbocycles. The molecule has 0 aromatic heterocycles. The van der Waals surface area contributed by atoms with Crippen molar-refractivity contribution >= 4 is 17.3 Å². The predicted molar refractivity (Wildman–Crippen MR) is 111 cm³/mol. The van der Waals surface area contributed by atoms with Crippen LogP contribution in [-0.4, -0.2) is 12.6 Å². The number of nitrogens with two attached hydrogens (primary N) is 1.